The number of fused-ring (bicyclic) bond motifs is 1. The van der Waals surface area contributed by atoms with E-state index in [-0.39, 0.29) is 23.7 Å². The van der Waals surface area contributed by atoms with E-state index in [0.29, 0.717) is 26.9 Å². The van der Waals surface area contributed by atoms with E-state index in [1.54, 1.807) is 24.3 Å². The first-order valence-electron chi connectivity index (χ1n) is 13.4. The highest BCUT2D eigenvalue weighted by Crippen LogP contribution is 2.36. The van der Waals surface area contributed by atoms with Crippen molar-refractivity contribution >= 4 is 52.6 Å². The first kappa shape index (κ1) is 28.5. The normalized spacial score (nSPS) is 16.9. The number of rotatable bonds is 7. The summed E-state index contributed by atoms with van der Waals surface area (Å²) in [5, 5.41) is 10.0. The number of aromatic nitrogens is 1. The number of nitriles is 1. The fraction of sp³-hybridized carbons (Fsp3) is 0.290. The summed E-state index contributed by atoms with van der Waals surface area (Å²) in [6, 6.07) is 16.2. The van der Waals surface area contributed by atoms with Gasteiger partial charge in [0.05, 0.1) is 22.1 Å². The molecule has 2 amide bonds. The van der Waals surface area contributed by atoms with Crippen LogP contribution in [0, 0.1) is 11.3 Å². The molecule has 8 nitrogen and oxygen atoms in total. The zero-order valence-corrected chi connectivity index (χ0v) is 23.7. The van der Waals surface area contributed by atoms with Crippen LogP contribution >= 0.6 is 23.4 Å². The van der Waals surface area contributed by atoms with Crippen molar-refractivity contribution in [1.29, 1.82) is 5.26 Å². The summed E-state index contributed by atoms with van der Waals surface area (Å²) in [6.07, 6.45) is 6.11. The molecule has 0 bridgehead atoms. The number of nitrogens with zero attached hydrogens (tertiary/aromatic N) is 3. The lowest BCUT2D eigenvalue weighted by atomic mass is 9.96. The zero-order valence-electron chi connectivity index (χ0n) is 22.1. The Hall–Kier alpha value is -4.00. The van der Waals surface area contributed by atoms with Crippen LogP contribution in [0.25, 0.3) is 0 Å². The molecule has 5 rings (SSSR count). The van der Waals surface area contributed by atoms with Crippen LogP contribution in [-0.4, -0.2) is 40.4 Å². The minimum Gasteiger partial charge on any atom is -0.454 e. The number of hydrogen-bond acceptors (Lipinski definition) is 8. The molecular weight excluding hydrogens is 562 g/mol. The molecule has 208 valence electrons. The predicted octanol–water partition coefficient (Wildman–Crippen LogP) is 5.73. The second-order valence-electron chi connectivity index (χ2n) is 9.90. The number of Topliss-reactive ketones (excluding diaryl/α,β-unsaturated/α-hetero) is 1. The van der Waals surface area contributed by atoms with E-state index >= 15 is 0 Å². The van der Waals surface area contributed by atoms with E-state index in [2.05, 4.69) is 6.07 Å². The Labute approximate surface area is 246 Å². The lowest BCUT2D eigenvalue weighted by molar-refractivity contribution is -0.121. The lowest BCUT2D eigenvalue weighted by Crippen LogP contribution is -2.31. The number of hydrogen-bond donors (Lipinski definition) is 0. The van der Waals surface area contributed by atoms with Crippen LogP contribution in [0.4, 0.5) is 5.69 Å². The number of imide groups is 1. The van der Waals surface area contributed by atoms with Gasteiger partial charge < -0.3 is 4.74 Å². The van der Waals surface area contributed by atoms with Crippen molar-refractivity contribution in [2.45, 2.75) is 55.2 Å². The van der Waals surface area contributed by atoms with Crippen LogP contribution in [0.3, 0.4) is 0 Å². The second-order valence-corrected chi connectivity index (χ2v) is 11.5. The Morgan fingerprint density at radius 2 is 1.68 bits per heavy atom. The summed E-state index contributed by atoms with van der Waals surface area (Å²) in [5.74, 6) is -1.86. The van der Waals surface area contributed by atoms with Crippen molar-refractivity contribution in [3.05, 3.63) is 87.6 Å². The van der Waals surface area contributed by atoms with Gasteiger partial charge in [0.2, 0.25) is 11.8 Å². The van der Waals surface area contributed by atoms with E-state index in [1.165, 1.54) is 30.7 Å². The van der Waals surface area contributed by atoms with E-state index in [0.717, 1.165) is 60.0 Å². The fourth-order valence-corrected chi connectivity index (χ4v) is 6.14. The van der Waals surface area contributed by atoms with Crippen LogP contribution < -0.4 is 4.90 Å². The van der Waals surface area contributed by atoms with Gasteiger partial charge in [0.15, 0.2) is 12.4 Å². The number of anilines is 1. The van der Waals surface area contributed by atoms with Crippen molar-refractivity contribution in [3.63, 3.8) is 0 Å². The van der Waals surface area contributed by atoms with Crippen LogP contribution in [0.5, 0.6) is 0 Å². The number of benzene rings is 2. The van der Waals surface area contributed by atoms with Gasteiger partial charge in [-0.25, -0.2) is 14.7 Å². The molecular formula is C31H26ClN3O5S. The Morgan fingerprint density at radius 1 is 1.00 bits per heavy atom. The molecule has 0 spiro atoms. The lowest BCUT2D eigenvalue weighted by Gasteiger charge is -2.17. The molecule has 2 heterocycles. The van der Waals surface area contributed by atoms with Crippen molar-refractivity contribution < 1.29 is 23.9 Å². The molecule has 2 aliphatic rings. The summed E-state index contributed by atoms with van der Waals surface area (Å²) in [5.41, 5.74) is 3.35. The monoisotopic (exact) mass is 587 g/mol. The molecule has 0 saturated carbocycles. The maximum Gasteiger partial charge on any atom is 0.338 e. The van der Waals surface area contributed by atoms with Crippen molar-refractivity contribution in [3.8, 4) is 6.07 Å². The second kappa shape index (κ2) is 12.7. The van der Waals surface area contributed by atoms with Gasteiger partial charge in [-0.1, -0.05) is 36.2 Å². The van der Waals surface area contributed by atoms with E-state index in [4.69, 9.17) is 21.3 Å². The molecule has 1 aromatic heterocycles. The van der Waals surface area contributed by atoms with Gasteiger partial charge in [-0.05, 0) is 85.8 Å². The minimum atomic E-state index is -0.711. The third-order valence-corrected chi connectivity index (χ3v) is 8.55. The number of ketones is 1. The summed E-state index contributed by atoms with van der Waals surface area (Å²) in [4.78, 5) is 56.8. The van der Waals surface area contributed by atoms with Crippen LogP contribution in [0.1, 0.15) is 69.6 Å². The summed E-state index contributed by atoms with van der Waals surface area (Å²) in [6.45, 7) is -0.439. The SMILES string of the molecule is N#Cc1cc2c(nc1SC1CC(=O)N(c3ccc(C(=O)OCC(=O)c4ccc(Cl)cc4)cc3)C1=O)CCCCCC2. The number of aryl methyl sites for hydroxylation is 2. The molecule has 1 aliphatic heterocycles. The number of pyridine rings is 1. The number of ether oxygens (including phenoxy) is 1. The first-order valence-corrected chi connectivity index (χ1v) is 14.6. The van der Waals surface area contributed by atoms with E-state index in [9.17, 15) is 24.4 Å². The van der Waals surface area contributed by atoms with Crippen molar-refractivity contribution in [2.75, 3.05) is 11.5 Å². The minimum absolute atomic E-state index is 0.0241. The molecule has 0 radical (unpaired) electrons. The zero-order chi connectivity index (χ0) is 28.9. The first-order chi connectivity index (χ1) is 19.8. The molecule has 10 heteroatoms. The van der Waals surface area contributed by atoms with Crippen LogP contribution in [0.2, 0.25) is 5.02 Å². The van der Waals surface area contributed by atoms with Crippen molar-refractivity contribution in [2.24, 2.45) is 0 Å². The number of thioether (sulfide) groups is 1. The maximum absolute atomic E-state index is 13.3. The highest BCUT2D eigenvalue weighted by Gasteiger charge is 2.41. The Bertz CT molecular complexity index is 1550. The van der Waals surface area contributed by atoms with Gasteiger partial charge in [-0.2, -0.15) is 5.26 Å². The number of amides is 2. The average Bonchev–Trinajstić information content (AvgIpc) is 3.24. The largest absolute Gasteiger partial charge is 0.454 e. The predicted molar refractivity (Wildman–Crippen MR) is 154 cm³/mol. The molecule has 1 aliphatic carbocycles. The van der Waals surface area contributed by atoms with Gasteiger partial charge in [0.1, 0.15) is 11.1 Å². The number of esters is 1. The van der Waals surface area contributed by atoms with E-state index < -0.39 is 23.7 Å². The summed E-state index contributed by atoms with van der Waals surface area (Å²) >= 11 is 6.99. The molecule has 1 fully saturated rings. The molecule has 1 unspecified atom stereocenters. The Morgan fingerprint density at radius 3 is 2.39 bits per heavy atom. The molecule has 2 aromatic carbocycles. The third kappa shape index (κ3) is 6.50. The van der Waals surface area contributed by atoms with Gasteiger partial charge >= 0.3 is 5.97 Å². The van der Waals surface area contributed by atoms with Gasteiger partial charge in [0.25, 0.3) is 0 Å². The molecule has 41 heavy (non-hydrogen) atoms. The van der Waals surface area contributed by atoms with Crippen molar-refractivity contribution in [1.82, 2.24) is 4.98 Å². The van der Waals surface area contributed by atoms with Gasteiger partial charge in [-0.3, -0.25) is 14.4 Å². The quantitative estimate of drug-likeness (QED) is 0.195. The number of carbonyl (C=O) groups excluding carboxylic acids is 4. The van der Waals surface area contributed by atoms with Crippen LogP contribution in [-0.2, 0) is 27.2 Å². The molecule has 0 N–H and O–H groups in total. The van der Waals surface area contributed by atoms with Crippen LogP contribution in [0.15, 0.2) is 59.6 Å². The molecule has 1 saturated heterocycles. The Kier molecular flexibility index (Phi) is 8.81. The molecule has 1 atom stereocenters. The molecule has 3 aromatic rings. The number of halogens is 1. The third-order valence-electron chi connectivity index (χ3n) is 7.11. The smallest absolute Gasteiger partial charge is 0.338 e. The highest BCUT2D eigenvalue weighted by atomic mass is 35.5. The standard InChI is InChI=1S/C31H26ClN3O5S/c32-23-11-7-19(8-12-23)26(36)18-40-31(39)20-9-13-24(14-10-20)35-28(37)16-27(30(35)38)41-29-22(17-33)15-21-5-3-1-2-4-6-25(21)34-29/h7-15,27H,1-6,16,18H2. The van der Waals surface area contributed by atoms with E-state index in [1.807, 2.05) is 6.07 Å². The fourth-order valence-electron chi connectivity index (χ4n) is 4.92. The highest BCUT2D eigenvalue weighted by molar-refractivity contribution is 8.00. The Balaban J connectivity index is 1.24. The summed E-state index contributed by atoms with van der Waals surface area (Å²) in [7, 11) is 0. The van der Waals surface area contributed by atoms with Gasteiger partial charge in [0, 0.05) is 22.7 Å². The average molecular weight is 588 g/mol. The topological polar surface area (TPSA) is 117 Å². The maximum atomic E-state index is 13.3. The van der Waals surface area contributed by atoms with Gasteiger partial charge in [-0.15, -0.1) is 0 Å². The number of carbonyl (C=O) groups is 4. The summed E-state index contributed by atoms with van der Waals surface area (Å²) < 4.78 is 5.14.